The van der Waals surface area contributed by atoms with E-state index in [-0.39, 0.29) is 11.8 Å². The zero-order valence-corrected chi connectivity index (χ0v) is 9.26. The maximum Gasteiger partial charge on any atom is 0.232 e. The molecule has 1 N–H and O–H groups in total. The molecule has 0 radical (unpaired) electrons. The number of fused-ring (bicyclic) bond motifs is 1. The molecule has 1 atom stereocenters. The van der Waals surface area contributed by atoms with Gasteiger partial charge in [0.1, 0.15) is 0 Å². The number of benzene rings is 1. The first-order valence-corrected chi connectivity index (χ1v) is 5.63. The summed E-state index contributed by atoms with van der Waals surface area (Å²) in [7, 11) is 0. The fraction of sp³-hybridized carbons (Fsp3) is 0.143. The zero-order valence-electron chi connectivity index (χ0n) is 9.26. The normalized spacial score (nSPS) is 17.6. The van der Waals surface area contributed by atoms with E-state index in [1.165, 1.54) is 0 Å². The third kappa shape index (κ3) is 1.80. The first-order valence-electron chi connectivity index (χ1n) is 5.63. The maximum absolute atomic E-state index is 11.9. The lowest BCUT2D eigenvalue weighted by Crippen LogP contribution is -2.14. The summed E-state index contributed by atoms with van der Waals surface area (Å²) in [5.41, 5.74) is 3.11. The number of pyridine rings is 1. The Labute approximate surface area is 99.5 Å². The van der Waals surface area contributed by atoms with Gasteiger partial charge in [0.15, 0.2) is 0 Å². The summed E-state index contributed by atoms with van der Waals surface area (Å²) < 4.78 is 0. The van der Waals surface area contributed by atoms with E-state index in [2.05, 4.69) is 10.3 Å². The van der Waals surface area contributed by atoms with Crippen LogP contribution in [0.15, 0.2) is 48.8 Å². The molecule has 1 aromatic heterocycles. The minimum Gasteiger partial charge on any atom is -0.325 e. The largest absolute Gasteiger partial charge is 0.325 e. The monoisotopic (exact) mass is 224 g/mol. The average Bonchev–Trinajstić information content (AvgIpc) is 2.68. The minimum atomic E-state index is -0.0876. The highest BCUT2D eigenvalue weighted by Crippen LogP contribution is 2.34. The Hall–Kier alpha value is -2.16. The predicted octanol–water partition coefficient (Wildman–Crippen LogP) is 2.36. The van der Waals surface area contributed by atoms with Gasteiger partial charge >= 0.3 is 0 Å². The van der Waals surface area contributed by atoms with E-state index in [4.69, 9.17) is 0 Å². The van der Waals surface area contributed by atoms with E-state index in [0.717, 1.165) is 16.8 Å². The van der Waals surface area contributed by atoms with Crippen molar-refractivity contribution < 1.29 is 4.79 Å². The first kappa shape index (κ1) is 10.0. The number of amides is 1. The number of nitrogens with zero attached hydrogens (tertiary/aromatic N) is 1. The smallest absolute Gasteiger partial charge is 0.232 e. The summed E-state index contributed by atoms with van der Waals surface area (Å²) in [4.78, 5) is 16.0. The molecule has 1 amide bonds. The van der Waals surface area contributed by atoms with Crippen molar-refractivity contribution in [2.24, 2.45) is 0 Å². The summed E-state index contributed by atoms with van der Waals surface area (Å²) in [6.07, 6.45) is 4.26. The summed E-state index contributed by atoms with van der Waals surface area (Å²) >= 11 is 0. The van der Waals surface area contributed by atoms with Crippen LogP contribution in [0.4, 0.5) is 5.69 Å². The Morgan fingerprint density at radius 2 is 2.06 bits per heavy atom. The number of hydrogen-bond acceptors (Lipinski definition) is 2. The van der Waals surface area contributed by atoms with Crippen molar-refractivity contribution >= 4 is 11.6 Å². The van der Waals surface area contributed by atoms with Crippen LogP contribution in [-0.2, 0) is 11.2 Å². The number of nitrogens with one attached hydrogen (secondary N) is 1. The van der Waals surface area contributed by atoms with Gasteiger partial charge in [0, 0.05) is 18.1 Å². The number of para-hydroxylation sites is 1. The molecule has 3 heteroatoms. The fourth-order valence-corrected chi connectivity index (χ4v) is 2.23. The molecule has 1 unspecified atom stereocenters. The van der Waals surface area contributed by atoms with Crippen LogP contribution in [-0.4, -0.2) is 10.9 Å². The van der Waals surface area contributed by atoms with Gasteiger partial charge in [-0.05, 0) is 29.7 Å². The molecule has 0 aliphatic carbocycles. The van der Waals surface area contributed by atoms with E-state index < -0.39 is 0 Å². The molecule has 3 rings (SSSR count). The van der Waals surface area contributed by atoms with Crippen LogP contribution >= 0.6 is 0 Å². The van der Waals surface area contributed by atoms with E-state index >= 15 is 0 Å². The predicted molar refractivity (Wildman–Crippen MR) is 65.8 cm³/mol. The number of aromatic nitrogens is 1. The van der Waals surface area contributed by atoms with Gasteiger partial charge in [-0.2, -0.15) is 0 Å². The molecule has 0 saturated heterocycles. The summed E-state index contributed by atoms with van der Waals surface area (Å²) in [6, 6.07) is 11.8. The second-order valence-corrected chi connectivity index (χ2v) is 4.19. The molecule has 0 spiro atoms. The van der Waals surface area contributed by atoms with E-state index in [1.54, 1.807) is 6.20 Å². The van der Waals surface area contributed by atoms with Gasteiger partial charge in [0.05, 0.1) is 5.92 Å². The van der Waals surface area contributed by atoms with Crippen molar-refractivity contribution in [3.8, 4) is 0 Å². The van der Waals surface area contributed by atoms with Crippen LogP contribution in [0, 0.1) is 0 Å². The van der Waals surface area contributed by atoms with Gasteiger partial charge in [-0.15, -0.1) is 0 Å². The third-order valence-electron chi connectivity index (χ3n) is 3.07. The van der Waals surface area contributed by atoms with Crippen molar-refractivity contribution in [2.45, 2.75) is 12.3 Å². The molecular weight excluding hydrogens is 212 g/mol. The van der Waals surface area contributed by atoms with Crippen molar-refractivity contribution in [3.63, 3.8) is 0 Å². The van der Waals surface area contributed by atoms with E-state index in [1.807, 2.05) is 42.6 Å². The van der Waals surface area contributed by atoms with Gasteiger partial charge in [-0.1, -0.05) is 24.3 Å². The molecule has 1 aliphatic heterocycles. The van der Waals surface area contributed by atoms with Crippen LogP contribution < -0.4 is 5.32 Å². The SMILES string of the molecule is O=C1Nc2ccccc2C1Cc1cccnc1. The molecule has 3 nitrogen and oxygen atoms in total. The van der Waals surface area contributed by atoms with E-state index in [0.29, 0.717) is 6.42 Å². The van der Waals surface area contributed by atoms with Crippen molar-refractivity contribution in [2.75, 3.05) is 5.32 Å². The lowest BCUT2D eigenvalue weighted by Gasteiger charge is -2.07. The highest BCUT2D eigenvalue weighted by molar-refractivity contribution is 6.02. The van der Waals surface area contributed by atoms with Gasteiger partial charge in [0.2, 0.25) is 5.91 Å². The number of carbonyl (C=O) groups is 1. The molecule has 0 bridgehead atoms. The average molecular weight is 224 g/mol. The lowest BCUT2D eigenvalue weighted by atomic mass is 9.94. The molecule has 2 aromatic rings. The van der Waals surface area contributed by atoms with Crippen LogP contribution in [0.25, 0.3) is 0 Å². The molecule has 84 valence electrons. The highest BCUT2D eigenvalue weighted by atomic mass is 16.2. The highest BCUT2D eigenvalue weighted by Gasteiger charge is 2.29. The van der Waals surface area contributed by atoms with Crippen molar-refractivity contribution in [1.29, 1.82) is 0 Å². The Morgan fingerprint density at radius 3 is 2.88 bits per heavy atom. The summed E-state index contributed by atoms with van der Waals surface area (Å²) in [5, 5.41) is 2.91. The Kier molecular flexibility index (Phi) is 2.37. The summed E-state index contributed by atoms with van der Waals surface area (Å²) in [6.45, 7) is 0. The van der Waals surface area contributed by atoms with Crippen LogP contribution in [0.5, 0.6) is 0 Å². The maximum atomic E-state index is 11.9. The topological polar surface area (TPSA) is 42.0 Å². The fourth-order valence-electron chi connectivity index (χ4n) is 2.23. The van der Waals surface area contributed by atoms with E-state index in [9.17, 15) is 4.79 Å². The number of rotatable bonds is 2. The number of carbonyl (C=O) groups excluding carboxylic acids is 1. The van der Waals surface area contributed by atoms with Gasteiger partial charge in [-0.3, -0.25) is 9.78 Å². The van der Waals surface area contributed by atoms with Crippen LogP contribution in [0.2, 0.25) is 0 Å². The zero-order chi connectivity index (χ0) is 11.7. The first-order chi connectivity index (χ1) is 8.34. The van der Waals surface area contributed by atoms with Gasteiger partial charge in [-0.25, -0.2) is 0 Å². The van der Waals surface area contributed by atoms with Crippen LogP contribution in [0.1, 0.15) is 17.0 Å². The molecular formula is C14H12N2O. The molecule has 17 heavy (non-hydrogen) atoms. The Bertz CT molecular complexity index is 551. The Morgan fingerprint density at radius 1 is 1.18 bits per heavy atom. The van der Waals surface area contributed by atoms with Gasteiger partial charge in [0.25, 0.3) is 0 Å². The molecule has 2 heterocycles. The number of anilines is 1. The molecule has 1 aromatic carbocycles. The molecule has 0 fully saturated rings. The summed E-state index contributed by atoms with van der Waals surface area (Å²) in [5.74, 6) is -0.00884. The second kappa shape index (κ2) is 4.01. The minimum absolute atomic E-state index is 0.0788. The van der Waals surface area contributed by atoms with Crippen molar-refractivity contribution in [1.82, 2.24) is 4.98 Å². The standard InChI is InChI=1S/C14H12N2O/c17-14-12(8-10-4-3-7-15-9-10)11-5-1-2-6-13(11)16-14/h1-7,9,12H,8H2,(H,16,17). The number of hydrogen-bond donors (Lipinski definition) is 1. The lowest BCUT2D eigenvalue weighted by molar-refractivity contribution is -0.117. The van der Waals surface area contributed by atoms with Crippen molar-refractivity contribution in [3.05, 3.63) is 59.9 Å². The molecule has 0 saturated carbocycles. The quantitative estimate of drug-likeness (QED) is 0.850. The van der Waals surface area contributed by atoms with Gasteiger partial charge < -0.3 is 5.32 Å². The second-order valence-electron chi connectivity index (χ2n) is 4.19. The van der Waals surface area contributed by atoms with Crippen LogP contribution in [0.3, 0.4) is 0 Å². The Balaban J connectivity index is 1.92. The third-order valence-corrected chi connectivity index (χ3v) is 3.07. The molecule has 1 aliphatic rings.